The van der Waals surface area contributed by atoms with E-state index in [1.54, 1.807) is 24.3 Å². The van der Waals surface area contributed by atoms with Crippen molar-refractivity contribution in [3.63, 3.8) is 0 Å². The maximum atomic E-state index is 12.1. The molecule has 0 aliphatic rings. The molecule has 98 valence electrons. The third-order valence-corrected chi connectivity index (χ3v) is 3.42. The second kappa shape index (κ2) is 5.83. The van der Waals surface area contributed by atoms with Gasteiger partial charge in [-0.05, 0) is 42.8 Å². The van der Waals surface area contributed by atoms with Gasteiger partial charge < -0.3 is 5.32 Å². The largest absolute Gasteiger partial charge is 0.321 e. The molecule has 2 aromatic rings. The average Bonchev–Trinajstić information content (AvgIpc) is 2.35. The molecule has 5 heteroatoms. The van der Waals surface area contributed by atoms with Crippen molar-refractivity contribution >= 4 is 46.4 Å². The van der Waals surface area contributed by atoms with Crippen LogP contribution in [0.5, 0.6) is 0 Å². The molecule has 1 N–H and O–H groups in total. The van der Waals surface area contributed by atoms with Gasteiger partial charge in [0.05, 0.1) is 21.3 Å². The van der Waals surface area contributed by atoms with Crippen LogP contribution in [-0.2, 0) is 0 Å². The van der Waals surface area contributed by atoms with E-state index in [0.717, 1.165) is 5.56 Å². The lowest BCUT2D eigenvalue weighted by atomic mass is 10.2. The van der Waals surface area contributed by atoms with Gasteiger partial charge >= 0.3 is 0 Å². The third-order valence-electron chi connectivity index (χ3n) is 2.55. The second-order valence-corrected chi connectivity index (χ2v) is 5.31. The molecular weight excluding hydrogens is 305 g/mol. The zero-order chi connectivity index (χ0) is 14.0. The number of hydrogen-bond donors (Lipinski definition) is 1. The average molecular weight is 315 g/mol. The summed E-state index contributed by atoms with van der Waals surface area (Å²) in [6.07, 6.45) is 0. The van der Waals surface area contributed by atoms with E-state index in [1.165, 1.54) is 6.07 Å². The highest BCUT2D eigenvalue weighted by Gasteiger charge is 2.12. The highest BCUT2D eigenvalue weighted by atomic mass is 35.5. The molecule has 1 amide bonds. The zero-order valence-corrected chi connectivity index (χ0v) is 12.3. The molecule has 2 nitrogen and oxygen atoms in total. The summed E-state index contributed by atoms with van der Waals surface area (Å²) < 4.78 is 0. The van der Waals surface area contributed by atoms with E-state index in [1.807, 2.05) is 13.0 Å². The molecule has 0 spiro atoms. The maximum Gasteiger partial charge on any atom is 0.257 e. The van der Waals surface area contributed by atoms with Crippen LogP contribution in [0.1, 0.15) is 15.9 Å². The first kappa shape index (κ1) is 14.2. The number of nitrogens with one attached hydrogen (secondary N) is 1. The molecule has 2 aromatic carbocycles. The molecule has 0 fully saturated rings. The molecule has 0 bridgehead atoms. The van der Waals surface area contributed by atoms with Crippen molar-refractivity contribution in [1.82, 2.24) is 0 Å². The molecule has 19 heavy (non-hydrogen) atoms. The van der Waals surface area contributed by atoms with Gasteiger partial charge in [-0.2, -0.15) is 0 Å². The smallest absolute Gasteiger partial charge is 0.257 e. The summed E-state index contributed by atoms with van der Waals surface area (Å²) in [6.45, 7) is 1.92. The summed E-state index contributed by atoms with van der Waals surface area (Å²) in [6, 6.07) is 10.1. The van der Waals surface area contributed by atoms with E-state index in [4.69, 9.17) is 34.8 Å². The summed E-state index contributed by atoms with van der Waals surface area (Å²) in [5.41, 5.74) is 1.86. The standard InChI is InChI=1S/C14H10Cl3NO/c1-8-2-5-13(12(17)6-8)18-14(19)10-7-9(15)3-4-11(10)16/h2-7H,1H3,(H,18,19). The van der Waals surface area contributed by atoms with Crippen LogP contribution in [0.25, 0.3) is 0 Å². The third kappa shape index (κ3) is 3.41. The monoisotopic (exact) mass is 313 g/mol. The Hall–Kier alpha value is -1.22. The molecule has 0 unspecified atom stereocenters. The first-order valence-corrected chi connectivity index (χ1v) is 6.63. The van der Waals surface area contributed by atoms with E-state index in [9.17, 15) is 4.79 Å². The summed E-state index contributed by atoms with van der Waals surface area (Å²) in [5.74, 6) is -0.349. The SMILES string of the molecule is Cc1ccc(NC(=O)c2cc(Cl)ccc2Cl)c(Cl)c1. The minimum absolute atomic E-state index is 0.311. The Morgan fingerprint density at radius 1 is 1.00 bits per heavy atom. The lowest BCUT2D eigenvalue weighted by molar-refractivity contribution is 0.102. The second-order valence-electron chi connectivity index (χ2n) is 4.06. The van der Waals surface area contributed by atoms with Crippen LogP contribution in [0.4, 0.5) is 5.69 Å². The van der Waals surface area contributed by atoms with Crippen molar-refractivity contribution in [2.75, 3.05) is 5.32 Å². The number of amides is 1. The first-order valence-electron chi connectivity index (χ1n) is 5.50. The molecule has 0 saturated heterocycles. The van der Waals surface area contributed by atoms with Crippen LogP contribution in [0.3, 0.4) is 0 Å². The fourth-order valence-corrected chi connectivity index (χ4v) is 2.24. The van der Waals surface area contributed by atoms with Gasteiger partial charge in [-0.15, -0.1) is 0 Å². The molecule has 0 atom stereocenters. The van der Waals surface area contributed by atoms with E-state index >= 15 is 0 Å². The van der Waals surface area contributed by atoms with Gasteiger partial charge in [0.1, 0.15) is 0 Å². The molecule has 0 radical (unpaired) electrons. The summed E-state index contributed by atoms with van der Waals surface area (Å²) in [5, 5.41) is 3.97. The van der Waals surface area contributed by atoms with Gasteiger partial charge in [-0.25, -0.2) is 0 Å². The van der Waals surface area contributed by atoms with Crippen LogP contribution in [0.15, 0.2) is 36.4 Å². The van der Waals surface area contributed by atoms with Crippen molar-refractivity contribution in [3.05, 3.63) is 62.6 Å². The van der Waals surface area contributed by atoms with E-state index < -0.39 is 0 Å². The van der Waals surface area contributed by atoms with Crippen molar-refractivity contribution in [2.45, 2.75) is 6.92 Å². The number of rotatable bonds is 2. The fraction of sp³-hybridized carbons (Fsp3) is 0.0714. The van der Waals surface area contributed by atoms with Gasteiger partial charge in [0.25, 0.3) is 5.91 Å². The number of hydrogen-bond acceptors (Lipinski definition) is 1. The normalized spacial score (nSPS) is 10.3. The lowest BCUT2D eigenvalue weighted by Crippen LogP contribution is -2.12. The molecule has 2 rings (SSSR count). The topological polar surface area (TPSA) is 29.1 Å². The van der Waals surface area contributed by atoms with Crippen molar-refractivity contribution in [3.8, 4) is 0 Å². The van der Waals surface area contributed by atoms with Crippen molar-refractivity contribution in [1.29, 1.82) is 0 Å². The van der Waals surface area contributed by atoms with Crippen LogP contribution in [0.2, 0.25) is 15.1 Å². The number of halogens is 3. The quantitative estimate of drug-likeness (QED) is 0.810. The zero-order valence-electron chi connectivity index (χ0n) is 10.0. The van der Waals surface area contributed by atoms with Crippen molar-refractivity contribution in [2.24, 2.45) is 0 Å². The predicted molar refractivity (Wildman–Crippen MR) is 80.6 cm³/mol. The highest BCUT2D eigenvalue weighted by Crippen LogP contribution is 2.25. The number of carbonyl (C=O) groups is 1. The van der Waals surface area contributed by atoms with Gasteiger partial charge in [0.2, 0.25) is 0 Å². The van der Waals surface area contributed by atoms with Crippen LogP contribution in [-0.4, -0.2) is 5.91 Å². The Kier molecular flexibility index (Phi) is 4.35. The number of aryl methyl sites for hydroxylation is 1. The van der Waals surface area contributed by atoms with Gasteiger partial charge in [-0.3, -0.25) is 4.79 Å². The van der Waals surface area contributed by atoms with Gasteiger partial charge in [-0.1, -0.05) is 40.9 Å². The van der Waals surface area contributed by atoms with E-state index in [2.05, 4.69) is 5.32 Å². The summed E-state index contributed by atoms with van der Waals surface area (Å²) >= 11 is 17.9. The van der Waals surface area contributed by atoms with E-state index in [0.29, 0.717) is 26.3 Å². The Labute approximate surface area is 126 Å². The Bertz CT molecular complexity index is 641. The van der Waals surface area contributed by atoms with Crippen molar-refractivity contribution < 1.29 is 4.79 Å². The molecule has 0 aromatic heterocycles. The molecule has 0 aliphatic carbocycles. The van der Waals surface area contributed by atoms with Crippen LogP contribution < -0.4 is 5.32 Å². The maximum absolute atomic E-state index is 12.1. The number of carbonyl (C=O) groups excluding carboxylic acids is 1. The lowest BCUT2D eigenvalue weighted by Gasteiger charge is -2.09. The van der Waals surface area contributed by atoms with Crippen LogP contribution >= 0.6 is 34.8 Å². The molecular formula is C14H10Cl3NO. The Balaban J connectivity index is 2.28. The Morgan fingerprint density at radius 2 is 1.74 bits per heavy atom. The molecule has 0 saturated carbocycles. The minimum atomic E-state index is -0.349. The first-order chi connectivity index (χ1) is 8.97. The van der Waals surface area contributed by atoms with Crippen LogP contribution in [0, 0.1) is 6.92 Å². The molecule has 0 aliphatic heterocycles. The number of benzene rings is 2. The molecule has 0 heterocycles. The number of anilines is 1. The van der Waals surface area contributed by atoms with E-state index in [-0.39, 0.29) is 5.91 Å². The predicted octanol–water partition coefficient (Wildman–Crippen LogP) is 5.21. The Morgan fingerprint density at radius 3 is 2.42 bits per heavy atom. The summed E-state index contributed by atoms with van der Waals surface area (Å²) in [4.78, 5) is 12.1. The minimum Gasteiger partial charge on any atom is -0.321 e. The highest BCUT2D eigenvalue weighted by molar-refractivity contribution is 6.37. The van der Waals surface area contributed by atoms with Gasteiger partial charge in [0, 0.05) is 5.02 Å². The summed E-state index contributed by atoms with van der Waals surface area (Å²) in [7, 11) is 0. The van der Waals surface area contributed by atoms with Gasteiger partial charge in [0.15, 0.2) is 0 Å². The fourth-order valence-electron chi connectivity index (χ4n) is 1.58.